The van der Waals surface area contributed by atoms with Crippen LogP contribution >= 0.6 is 43.5 Å². The summed E-state index contributed by atoms with van der Waals surface area (Å²) < 4.78 is 1.80. The van der Waals surface area contributed by atoms with Crippen molar-refractivity contribution < 1.29 is 4.79 Å². The Morgan fingerprint density at radius 1 is 1.16 bits per heavy atom. The van der Waals surface area contributed by atoms with Crippen molar-refractivity contribution in [2.75, 3.05) is 6.54 Å². The minimum Gasteiger partial charge on any atom is -0.352 e. The zero-order valence-electron chi connectivity index (χ0n) is 10.5. The lowest BCUT2D eigenvalue weighted by Crippen LogP contribution is -2.31. The van der Waals surface area contributed by atoms with Crippen LogP contribution < -0.4 is 5.32 Å². The Hall–Kier alpha value is -0.0600. The summed E-state index contributed by atoms with van der Waals surface area (Å²) in [6.45, 7) is 0.743. The van der Waals surface area contributed by atoms with Crippen molar-refractivity contribution >= 4 is 49.4 Å². The average molecular weight is 410 g/mol. The lowest BCUT2D eigenvalue weighted by molar-refractivity contribution is 0.0943. The number of carbonyl (C=O) groups excluding carboxylic acids is 1. The molecule has 1 N–H and O–H groups in total. The third-order valence-electron chi connectivity index (χ3n) is 3.45. The van der Waals surface area contributed by atoms with E-state index in [4.69, 9.17) is 11.6 Å². The van der Waals surface area contributed by atoms with E-state index in [2.05, 4.69) is 37.2 Å². The molecule has 2 nitrogen and oxygen atoms in total. The van der Waals surface area contributed by atoms with Crippen molar-refractivity contribution in [1.29, 1.82) is 0 Å². The van der Waals surface area contributed by atoms with Crippen molar-refractivity contribution in [2.24, 2.45) is 5.92 Å². The zero-order valence-corrected chi connectivity index (χ0v) is 14.4. The van der Waals surface area contributed by atoms with Crippen LogP contribution in [0.25, 0.3) is 0 Å². The zero-order chi connectivity index (χ0) is 13.8. The molecule has 0 saturated heterocycles. The molecule has 1 fully saturated rings. The van der Waals surface area contributed by atoms with Gasteiger partial charge in [0.05, 0.1) is 0 Å². The molecule has 1 aliphatic rings. The average Bonchev–Trinajstić information content (AvgIpc) is 2.36. The van der Waals surface area contributed by atoms with E-state index in [-0.39, 0.29) is 5.91 Å². The predicted molar refractivity (Wildman–Crippen MR) is 85.8 cm³/mol. The molecule has 1 aromatic rings. The van der Waals surface area contributed by atoms with Gasteiger partial charge < -0.3 is 5.32 Å². The summed E-state index contributed by atoms with van der Waals surface area (Å²) >= 11 is 12.9. The number of amides is 1. The second-order valence-corrected chi connectivity index (χ2v) is 7.43. The highest BCUT2D eigenvalue weighted by Crippen LogP contribution is 2.27. The van der Waals surface area contributed by atoms with Gasteiger partial charge in [-0.3, -0.25) is 4.79 Å². The standard InChI is InChI=1S/C14H16Br2ClNO/c15-11-5-10(6-12(16)7-11)14(19)18-8-9-1-3-13(17)4-2-9/h5-7,9,13H,1-4,8H2,(H,18,19). The van der Waals surface area contributed by atoms with Gasteiger partial charge in [0.2, 0.25) is 0 Å². The maximum absolute atomic E-state index is 12.1. The molecule has 1 saturated carbocycles. The van der Waals surface area contributed by atoms with Crippen molar-refractivity contribution in [3.8, 4) is 0 Å². The summed E-state index contributed by atoms with van der Waals surface area (Å²) in [4.78, 5) is 12.1. The first-order valence-electron chi connectivity index (χ1n) is 6.43. The quantitative estimate of drug-likeness (QED) is 0.718. The topological polar surface area (TPSA) is 29.1 Å². The lowest BCUT2D eigenvalue weighted by Gasteiger charge is -2.25. The van der Waals surface area contributed by atoms with Gasteiger partial charge in [-0.25, -0.2) is 0 Å². The van der Waals surface area contributed by atoms with Crippen LogP contribution in [0, 0.1) is 5.92 Å². The van der Waals surface area contributed by atoms with Gasteiger partial charge in [-0.1, -0.05) is 31.9 Å². The normalized spacial score (nSPS) is 23.1. The van der Waals surface area contributed by atoms with Gasteiger partial charge in [0.15, 0.2) is 0 Å². The highest BCUT2D eigenvalue weighted by molar-refractivity contribution is 9.11. The van der Waals surface area contributed by atoms with Gasteiger partial charge in [-0.15, -0.1) is 11.6 Å². The van der Waals surface area contributed by atoms with Crippen molar-refractivity contribution in [3.63, 3.8) is 0 Å². The third-order valence-corrected chi connectivity index (χ3v) is 4.80. The van der Waals surface area contributed by atoms with Crippen LogP contribution in [0.1, 0.15) is 36.0 Å². The molecule has 19 heavy (non-hydrogen) atoms. The molecule has 5 heteroatoms. The molecule has 1 aliphatic carbocycles. The van der Waals surface area contributed by atoms with Gasteiger partial charge in [-0.2, -0.15) is 0 Å². The Kier molecular flexibility index (Phi) is 5.72. The fraction of sp³-hybridized carbons (Fsp3) is 0.500. The number of hydrogen-bond donors (Lipinski definition) is 1. The molecule has 0 aliphatic heterocycles. The first kappa shape index (κ1) is 15.3. The predicted octanol–water partition coefficient (Wildman–Crippen LogP) is 4.74. The van der Waals surface area contributed by atoms with Crippen LogP contribution in [0.15, 0.2) is 27.1 Å². The summed E-state index contributed by atoms with van der Waals surface area (Å²) in [5, 5.41) is 3.34. The number of hydrogen-bond acceptors (Lipinski definition) is 1. The summed E-state index contributed by atoms with van der Waals surface area (Å²) in [5.74, 6) is 0.546. The van der Waals surface area contributed by atoms with Crippen molar-refractivity contribution in [2.45, 2.75) is 31.1 Å². The van der Waals surface area contributed by atoms with Crippen molar-refractivity contribution in [1.82, 2.24) is 5.32 Å². The maximum Gasteiger partial charge on any atom is 0.251 e. The van der Waals surface area contributed by atoms with Gasteiger partial charge in [0, 0.05) is 26.4 Å². The fourth-order valence-electron chi connectivity index (χ4n) is 2.35. The summed E-state index contributed by atoms with van der Waals surface area (Å²) in [5.41, 5.74) is 0.673. The molecular weight excluding hydrogens is 393 g/mol. The molecule has 0 aromatic heterocycles. The number of benzene rings is 1. The molecule has 0 bridgehead atoms. The molecule has 2 rings (SSSR count). The molecule has 0 unspecified atom stereocenters. The second-order valence-electron chi connectivity index (χ2n) is 4.99. The number of rotatable bonds is 3. The van der Waals surface area contributed by atoms with Crippen LogP contribution in [-0.4, -0.2) is 17.8 Å². The second kappa shape index (κ2) is 7.09. The third kappa shape index (κ3) is 4.76. The van der Waals surface area contributed by atoms with Crippen LogP contribution in [-0.2, 0) is 0 Å². The van der Waals surface area contributed by atoms with E-state index in [1.165, 1.54) is 0 Å². The molecule has 0 atom stereocenters. The number of alkyl halides is 1. The van der Waals surface area contributed by atoms with E-state index in [0.29, 0.717) is 16.9 Å². The summed E-state index contributed by atoms with van der Waals surface area (Å²) in [7, 11) is 0. The number of carbonyl (C=O) groups is 1. The monoisotopic (exact) mass is 407 g/mol. The minimum absolute atomic E-state index is 0.0185. The Morgan fingerprint density at radius 2 is 1.74 bits per heavy atom. The Labute approximate surface area is 135 Å². The van der Waals surface area contributed by atoms with Gasteiger partial charge in [0.25, 0.3) is 5.91 Å². The first-order chi connectivity index (χ1) is 9.04. The Balaban J connectivity index is 1.87. The molecule has 0 radical (unpaired) electrons. The minimum atomic E-state index is -0.0185. The Bertz CT molecular complexity index is 439. The summed E-state index contributed by atoms with van der Waals surface area (Å²) in [6.07, 6.45) is 4.34. The van der Waals surface area contributed by atoms with Crippen LogP contribution in [0.2, 0.25) is 0 Å². The SMILES string of the molecule is O=C(NCC1CCC(Cl)CC1)c1cc(Br)cc(Br)c1. The summed E-state index contributed by atoms with van der Waals surface area (Å²) in [6, 6.07) is 5.57. The lowest BCUT2D eigenvalue weighted by atomic mass is 9.89. The van der Waals surface area contributed by atoms with Crippen LogP contribution in [0.3, 0.4) is 0 Å². The highest BCUT2D eigenvalue weighted by Gasteiger charge is 2.20. The van der Waals surface area contributed by atoms with Crippen LogP contribution in [0.4, 0.5) is 0 Å². The molecular formula is C14H16Br2ClNO. The first-order valence-corrected chi connectivity index (χ1v) is 8.45. The van der Waals surface area contributed by atoms with Gasteiger partial charge in [-0.05, 0) is 49.8 Å². The van der Waals surface area contributed by atoms with E-state index in [0.717, 1.165) is 41.2 Å². The largest absolute Gasteiger partial charge is 0.352 e. The molecule has 1 aromatic carbocycles. The maximum atomic E-state index is 12.1. The molecule has 0 heterocycles. The van der Waals surface area contributed by atoms with Crippen LogP contribution in [0.5, 0.6) is 0 Å². The van der Waals surface area contributed by atoms with Crippen molar-refractivity contribution in [3.05, 3.63) is 32.7 Å². The smallest absolute Gasteiger partial charge is 0.251 e. The molecule has 104 valence electrons. The van der Waals surface area contributed by atoms with Gasteiger partial charge >= 0.3 is 0 Å². The fourth-order valence-corrected chi connectivity index (χ4v) is 3.90. The molecule has 1 amide bonds. The van der Waals surface area contributed by atoms with Gasteiger partial charge in [0.1, 0.15) is 0 Å². The molecule has 0 spiro atoms. The number of halogens is 3. The number of nitrogens with one attached hydrogen (secondary N) is 1. The Morgan fingerprint density at radius 3 is 2.32 bits per heavy atom. The van der Waals surface area contributed by atoms with E-state index in [1.807, 2.05) is 18.2 Å². The van der Waals surface area contributed by atoms with E-state index >= 15 is 0 Å². The van der Waals surface area contributed by atoms with E-state index in [1.54, 1.807) is 0 Å². The van der Waals surface area contributed by atoms with E-state index < -0.39 is 0 Å². The van der Waals surface area contributed by atoms with E-state index in [9.17, 15) is 4.79 Å². The highest BCUT2D eigenvalue weighted by atomic mass is 79.9.